The van der Waals surface area contributed by atoms with E-state index in [0.717, 1.165) is 11.1 Å². The smallest absolute Gasteiger partial charge is 0.337 e. The van der Waals surface area contributed by atoms with Gasteiger partial charge in [0.1, 0.15) is 0 Å². The van der Waals surface area contributed by atoms with Crippen LogP contribution >= 0.6 is 7.60 Å². The third kappa shape index (κ3) is 5.76. The second-order valence-corrected chi connectivity index (χ2v) is 8.09. The molecule has 0 aliphatic heterocycles. The van der Waals surface area contributed by atoms with E-state index in [-0.39, 0.29) is 19.4 Å². The minimum Gasteiger partial charge on any atom is -0.465 e. The lowest BCUT2D eigenvalue weighted by molar-refractivity contribution is 0.0592. The molecule has 7 nitrogen and oxygen atoms in total. The summed E-state index contributed by atoms with van der Waals surface area (Å²) < 4.78 is 33.4. The van der Waals surface area contributed by atoms with Crippen molar-refractivity contribution in [3.8, 4) is 11.1 Å². The lowest BCUT2D eigenvalue weighted by Gasteiger charge is -2.19. The Kier molecular flexibility index (Phi) is 8.14. The summed E-state index contributed by atoms with van der Waals surface area (Å²) in [6.07, 6.45) is -0.00635. The number of esters is 2. The van der Waals surface area contributed by atoms with E-state index in [1.54, 1.807) is 56.3 Å². The molecule has 8 heteroatoms. The molecule has 0 radical (unpaired) electrons. The highest BCUT2D eigenvalue weighted by Gasteiger charge is 2.26. The molecular weight excluding hydrogens is 395 g/mol. The molecule has 156 valence electrons. The molecule has 0 fully saturated rings. The van der Waals surface area contributed by atoms with Crippen LogP contribution in [0.3, 0.4) is 0 Å². The summed E-state index contributed by atoms with van der Waals surface area (Å²) in [5, 5.41) is 0. The van der Waals surface area contributed by atoms with E-state index in [0.29, 0.717) is 16.7 Å². The normalized spacial score (nSPS) is 11.2. The fourth-order valence-corrected chi connectivity index (χ4v) is 4.61. The first-order valence-corrected chi connectivity index (χ1v) is 10.9. The van der Waals surface area contributed by atoms with Crippen LogP contribution in [-0.4, -0.2) is 39.4 Å². The van der Waals surface area contributed by atoms with Gasteiger partial charge in [0.05, 0.1) is 44.7 Å². The van der Waals surface area contributed by atoms with Crippen LogP contribution in [0.2, 0.25) is 0 Å². The molecule has 0 aliphatic carbocycles. The van der Waals surface area contributed by atoms with Crippen molar-refractivity contribution in [1.29, 1.82) is 0 Å². The largest absolute Gasteiger partial charge is 0.465 e. The number of ether oxygens (including phenoxy) is 2. The van der Waals surface area contributed by atoms with E-state index in [1.807, 2.05) is 0 Å². The Hall–Kier alpha value is -2.47. The minimum absolute atomic E-state index is 0.00635. The van der Waals surface area contributed by atoms with Crippen LogP contribution in [0.4, 0.5) is 0 Å². The number of methoxy groups -OCH3 is 2. The van der Waals surface area contributed by atoms with Gasteiger partial charge in [-0.25, -0.2) is 9.59 Å². The van der Waals surface area contributed by atoms with Crippen molar-refractivity contribution in [3.05, 3.63) is 59.2 Å². The van der Waals surface area contributed by atoms with Crippen LogP contribution in [0.5, 0.6) is 0 Å². The Morgan fingerprint density at radius 2 is 1.34 bits per heavy atom. The quantitative estimate of drug-likeness (QED) is 0.429. The molecule has 0 saturated heterocycles. The summed E-state index contributed by atoms with van der Waals surface area (Å²) >= 11 is 0. The molecule has 29 heavy (non-hydrogen) atoms. The summed E-state index contributed by atoms with van der Waals surface area (Å²) in [4.78, 5) is 23.6. The third-order valence-corrected chi connectivity index (χ3v) is 6.19. The van der Waals surface area contributed by atoms with E-state index in [1.165, 1.54) is 14.2 Å². The lowest BCUT2D eigenvalue weighted by atomic mass is 9.97. The standard InChI is InChI=1S/C21H25O7P/c1-5-27-29(24,28-6-2)14-18-13-17(21(23)26-4)11-12-19(18)15-7-9-16(10-8-15)20(22)25-3/h7-13H,5-6,14H2,1-4H3. The van der Waals surface area contributed by atoms with Gasteiger partial charge in [-0.3, -0.25) is 4.57 Å². The average molecular weight is 420 g/mol. The van der Waals surface area contributed by atoms with Crippen LogP contribution in [0.25, 0.3) is 11.1 Å². The van der Waals surface area contributed by atoms with Gasteiger partial charge in [-0.1, -0.05) is 18.2 Å². The van der Waals surface area contributed by atoms with Crippen LogP contribution < -0.4 is 0 Å². The van der Waals surface area contributed by atoms with Crippen molar-refractivity contribution < 1.29 is 32.7 Å². The number of rotatable bonds is 9. The Labute approximate surface area is 170 Å². The summed E-state index contributed by atoms with van der Waals surface area (Å²) in [5.41, 5.74) is 2.89. The van der Waals surface area contributed by atoms with E-state index >= 15 is 0 Å². The zero-order valence-corrected chi connectivity index (χ0v) is 17.9. The predicted molar refractivity (Wildman–Crippen MR) is 109 cm³/mol. The number of carbonyl (C=O) groups is 2. The van der Waals surface area contributed by atoms with Gasteiger partial charge < -0.3 is 18.5 Å². The molecule has 2 aromatic rings. The fourth-order valence-electron chi connectivity index (χ4n) is 2.89. The highest BCUT2D eigenvalue weighted by atomic mass is 31.2. The zero-order chi connectivity index (χ0) is 21.4. The number of hydrogen-bond acceptors (Lipinski definition) is 7. The first kappa shape index (κ1) is 22.8. The molecule has 0 atom stereocenters. The maximum Gasteiger partial charge on any atom is 0.337 e. The SMILES string of the molecule is CCOP(=O)(Cc1cc(C(=O)OC)ccc1-c1ccc(C(=O)OC)cc1)OCC. The second-order valence-electron chi connectivity index (χ2n) is 6.04. The summed E-state index contributed by atoms with van der Waals surface area (Å²) in [7, 11) is -0.787. The third-order valence-electron chi connectivity index (χ3n) is 4.16. The maximum absolute atomic E-state index is 13.1. The topological polar surface area (TPSA) is 88.1 Å². The van der Waals surface area contributed by atoms with E-state index in [4.69, 9.17) is 18.5 Å². The Morgan fingerprint density at radius 1 is 0.828 bits per heavy atom. The van der Waals surface area contributed by atoms with Crippen LogP contribution in [-0.2, 0) is 29.2 Å². The fraction of sp³-hybridized carbons (Fsp3) is 0.333. The highest BCUT2D eigenvalue weighted by Crippen LogP contribution is 2.52. The molecule has 0 heterocycles. The van der Waals surface area contributed by atoms with Gasteiger partial charge in [0, 0.05) is 0 Å². The molecule has 0 amide bonds. The summed E-state index contributed by atoms with van der Waals surface area (Å²) in [6, 6.07) is 11.8. The van der Waals surface area contributed by atoms with Gasteiger partial charge >= 0.3 is 19.5 Å². The molecule has 0 bridgehead atoms. The van der Waals surface area contributed by atoms with Gasteiger partial charge in [0.15, 0.2) is 0 Å². The van der Waals surface area contributed by atoms with Gasteiger partial charge in [0.2, 0.25) is 0 Å². The molecule has 2 aromatic carbocycles. The van der Waals surface area contributed by atoms with Crippen molar-refractivity contribution in [2.45, 2.75) is 20.0 Å². The first-order valence-electron chi connectivity index (χ1n) is 9.15. The van der Waals surface area contributed by atoms with E-state index < -0.39 is 19.5 Å². The van der Waals surface area contributed by atoms with Crippen molar-refractivity contribution in [3.63, 3.8) is 0 Å². The van der Waals surface area contributed by atoms with Crippen molar-refractivity contribution in [1.82, 2.24) is 0 Å². The van der Waals surface area contributed by atoms with Gasteiger partial charge in [-0.05, 0) is 54.8 Å². The van der Waals surface area contributed by atoms with Gasteiger partial charge in [-0.15, -0.1) is 0 Å². The number of carbonyl (C=O) groups excluding carboxylic acids is 2. The first-order chi connectivity index (χ1) is 13.9. The van der Waals surface area contributed by atoms with Crippen molar-refractivity contribution in [2.75, 3.05) is 27.4 Å². The predicted octanol–water partition coefficient (Wildman–Crippen LogP) is 4.69. The Bertz CT molecular complexity index is 896. The monoisotopic (exact) mass is 420 g/mol. The lowest BCUT2D eigenvalue weighted by Crippen LogP contribution is -2.05. The number of hydrogen-bond donors (Lipinski definition) is 0. The van der Waals surface area contributed by atoms with Gasteiger partial charge in [-0.2, -0.15) is 0 Å². The van der Waals surface area contributed by atoms with E-state index in [9.17, 15) is 14.2 Å². The Balaban J connectivity index is 2.52. The molecule has 0 N–H and O–H groups in total. The van der Waals surface area contributed by atoms with Crippen LogP contribution in [0, 0.1) is 0 Å². The van der Waals surface area contributed by atoms with Crippen LogP contribution in [0.15, 0.2) is 42.5 Å². The highest BCUT2D eigenvalue weighted by molar-refractivity contribution is 7.53. The zero-order valence-electron chi connectivity index (χ0n) is 17.0. The number of benzene rings is 2. The van der Waals surface area contributed by atoms with Crippen molar-refractivity contribution in [2.24, 2.45) is 0 Å². The summed E-state index contributed by atoms with van der Waals surface area (Å²) in [5.74, 6) is -0.934. The Morgan fingerprint density at radius 3 is 1.86 bits per heavy atom. The van der Waals surface area contributed by atoms with Crippen molar-refractivity contribution >= 4 is 19.5 Å². The summed E-state index contributed by atoms with van der Waals surface area (Å²) in [6.45, 7) is 3.94. The average Bonchev–Trinajstić information content (AvgIpc) is 2.73. The second kappa shape index (κ2) is 10.3. The minimum atomic E-state index is -3.40. The molecule has 2 rings (SSSR count). The van der Waals surface area contributed by atoms with Crippen LogP contribution in [0.1, 0.15) is 40.1 Å². The molecule has 0 aromatic heterocycles. The molecule has 0 spiro atoms. The van der Waals surface area contributed by atoms with Gasteiger partial charge in [0.25, 0.3) is 0 Å². The maximum atomic E-state index is 13.1. The molecular formula is C21H25O7P. The molecule has 0 saturated carbocycles. The van der Waals surface area contributed by atoms with E-state index in [2.05, 4.69) is 0 Å². The molecule has 0 unspecified atom stereocenters. The molecule has 0 aliphatic rings.